The molecule has 0 atom stereocenters. The Balaban J connectivity index is 1.95. The van der Waals surface area contributed by atoms with Gasteiger partial charge in [-0.15, -0.1) is 0 Å². The van der Waals surface area contributed by atoms with Gasteiger partial charge < -0.3 is 5.32 Å². The van der Waals surface area contributed by atoms with Gasteiger partial charge >= 0.3 is 0 Å². The van der Waals surface area contributed by atoms with Gasteiger partial charge in [0.05, 0.1) is 6.54 Å². The molecule has 1 aromatic carbocycles. The van der Waals surface area contributed by atoms with Gasteiger partial charge in [0.1, 0.15) is 0 Å². The molecule has 1 heterocycles. The van der Waals surface area contributed by atoms with Crippen LogP contribution in [0.5, 0.6) is 0 Å². The summed E-state index contributed by atoms with van der Waals surface area (Å²) in [6.45, 7) is 1.08. The molecule has 5 heteroatoms. The molecule has 0 amide bonds. The standard InChI is InChI=1S/C15H15N5/c16-12-20-15(18-10-13-5-2-1-3-6-13)19-11-14-7-4-8-17-9-14/h1-9H,10-11H2,(H2,18,19,20). The molecule has 100 valence electrons. The van der Waals surface area contributed by atoms with Crippen LogP contribution in [0.1, 0.15) is 11.1 Å². The number of nitrogens with zero attached hydrogens (tertiary/aromatic N) is 3. The third kappa shape index (κ3) is 4.42. The van der Waals surface area contributed by atoms with Crippen LogP contribution in [-0.2, 0) is 13.1 Å². The van der Waals surface area contributed by atoms with Gasteiger partial charge in [-0.2, -0.15) is 5.26 Å². The molecule has 0 fully saturated rings. The summed E-state index contributed by atoms with van der Waals surface area (Å²) in [6.07, 6.45) is 5.35. The first-order valence-corrected chi connectivity index (χ1v) is 6.25. The van der Waals surface area contributed by atoms with Gasteiger partial charge in [0.15, 0.2) is 6.19 Å². The highest BCUT2D eigenvalue weighted by Gasteiger charge is 1.98. The summed E-state index contributed by atoms with van der Waals surface area (Å²) < 4.78 is 0. The summed E-state index contributed by atoms with van der Waals surface area (Å²) in [5.41, 5.74) is 2.12. The first-order valence-electron chi connectivity index (χ1n) is 6.25. The van der Waals surface area contributed by atoms with Crippen LogP contribution in [0.4, 0.5) is 0 Å². The molecule has 0 unspecified atom stereocenters. The van der Waals surface area contributed by atoms with Crippen LogP contribution in [0.3, 0.4) is 0 Å². The zero-order valence-electron chi connectivity index (χ0n) is 11.0. The van der Waals surface area contributed by atoms with E-state index in [9.17, 15) is 0 Å². The Bertz CT molecular complexity index is 587. The lowest BCUT2D eigenvalue weighted by molar-refractivity contribution is 0.862. The van der Waals surface area contributed by atoms with E-state index in [4.69, 9.17) is 5.26 Å². The van der Waals surface area contributed by atoms with Crippen molar-refractivity contribution in [2.75, 3.05) is 0 Å². The van der Waals surface area contributed by atoms with Gasteiger partial charge in [-0.05, 0) is 17.2 Å². The number of nitrogens with one attached hydrogen (secondary N) is 2. The molecule has 2 rings (SSSR count). The third-order valence-electron chi connectivity index (χ3n) is 2.62. The lowest BCUT2D eigenvalue weighted by Crippen LogP contribution is -2.34. The molecule has 0 spiro atoms. The number of aromatic nitrogens is 1. The summed E-state index contributed by atoms with van der Waals surface area (Å²) in [5, 5.41) is 14.4. The molecule has 0 bridgehead atoms. The van der Waals surface area contributed by atoms with Crippen molar-refractivity contribution in [1.29, 1.82) is 5.26 Å². The Morgan fingerprint density at radius 2 is 1.95 bits per heavy atom. The molecular formula is C15H15N5. The normalized spacial score (nSPS) is 10.7. The van der Waals surface area contributed by atoms with Gasteiger partial charge in [0.25, 0.3) is 0 Å². The second-order valence-electron chi connectivity index (χ2n) is 4.10. The van der Waals surface area contributed by atoms with Crippen LogP contribution in [0.2, 0.25) is 0 Å². The summed E-state index contributed by atoms with van der Waals surface area (Å²) in [7, 11) is 0. The minimum absolute atomic E-state index is 0.459. The molecule has 0 saturated carbocycles. The molecule has 1 aromatic heterocycles. The fourth-order valence-electron chi connectivity index (χ4n) is 1.64. The second kappa shape index (κ2) is 7.54. The maximum absolute atomic E-state index is 8.74. The van der Waals surface area contributed by atoms with Crippen LogP contribution in [0.15, 0.2) is 59.9 Å². The van der Waals surface area contributed by atoms with Crippen LogP contribution in [-0.4, -0.2) is 10.9 Å². The Morgan fingerprint density at radius 3 is 2.65 bits per heavy atom. The molecule has 0 aliphatic rings. The number of hydrogen-bond donors (Lipinski definition) is 2. The molecule has 5 nitrogen and oxygen atoms in total. The summed E-state index contributed by atoms with van der Waals surface area (Å²) in [4.78, 5) is 8.36. The molecule has 20 heavy (non-hydrogen) atoms. The molecule has 0 aliphatic carbocycles. The van der Waals surface area contributed by atoms with E-state index in [-0.39, 0.29) is 0 Å². The Kier molecular flexibility index (Phi) is 5.11. The van der Waals surface area contributed by atoms with E-state index in [0.717, 1.165) is 11.1 Å². The lowest BCUT2D eigenvalue weighted by Gasteiger charge is -2.08. The minimum atomic E-state index is 0.459. The predicted octanol–water partition coefficient (Wildman–Crippen LogP) is 1.80. The highest BCUT2D eigenvalue weighted by Crippen LogP contribution is 1.99. The maximum atomic E-state index is 8.74. The average molecular weight is 265 g/mol. The van der Waals surface area contributed by atoms with Crippen molar-refractivity contribution in [3.8, 4) is 6.19 Å². The number of hydrogen-bond acceptors (Lipinski definition) is 3. The van der Waals surface area contributed by atoms with Gasteiger partial charge in [-0.1, -0.05) is 36.4 Å². The van der Waals surface area contributed by atoms with E-state index in [1.54, 1.807) is 12.4 Å². The monoisotopic (exact) mass is 265 g/mol. The van der Waals surface area contributed by atoms with Crippen molar-refractivity contribution in [3.63, 3.8) is 0 Å². The lowest BCUT2D eigenvalue weighted by atomic mass is 10.2. The molecule has 0 radical (unpaired) electrons. The Morgan fingerprint density at radius 1 is 1.15 bits per heavy atom. The van der Waals surface area contributed by atoms with E-state index in [1.807, 2.05) is 48.7 Å². The Labute approximate surface area is 118 Å². The number of guanidine groups is 1. The molecular weight excluding hydrogens is 250 g/mol. The predicted molar refractivity (Wildman–Crippen MR) is 77.4 cm³/mol. The van der Waals surface area contributed by atoms with E-state index in [1.165, 1.54) is 0 Å². The maximum Gasteiger partial charge on any atom is 0.205 e. The van der Waals surface area contributed by atoms with Crippen LogP contribution in [0.25, 0.3) is 0 Å². The Hall–Kier alpha value is -2.87. The number of benzene rings is 1. The van der Waals surface area contributed by atoms with Crippen molar-refractivity contribution in [2.45, 2.75) is 13.1 Å². The number of pyridine rings is 1. The largest absolute Gasteiger partial charge is 0.351 e. The van der Waals surface area contributed by atoms with Crippen molar-refractivity contribution in [1.82, 2.24) is 15.6 Å². The third-order valence-corrected chi connectivity index (χ3v) is 2.62. The van der Waals surface area contributed by atoms with E-state index >= 15 is 0 Å². The highest BCUT2D eigenvalue weighted by molar-refractivity contribution is 5.81. The topological polar surface area (TPSA) is 73.1 Å². The first kappa shape index (κ1) is 13.6. The zero-order valence-corrected chi connectivity index (χ0v) is 11.0. The second-order valence-corrected chi connectivity index (χ2v) is 4.10. The molecule has 2 aromatic rings. The van der Waals surface area contributed by atoms with Gasteiger partial charge in [0.2, 0.25) is 5.96 Å². The van der Waals surface area contributed by atoms with Crippen LogP contribution < -0.4 is 10.6 Å². The average Bonchev–Trinajstić information content (AvgIpc) is 2.52. The quantitative estimate of drug-likeness (QED) is 0.382. The van der Waals surface area contributed by atoms with Gasteiger partial charge in [0, 0.05) is 18.9 Å². The van der Waals surface area contributed by atoms with Crippen molar-refractivity contribution in [3.05, 3.63) is 66.0 Å². The van der Waals surface area contributed by atoms with Gasteiger partial charge in [-0.3, -0.25) is 10.3 Å². The SMILES string of the molecule is N#CNC(=NCc1cccnc1)NCc1ccccc1. The molecule has 0 saturated heterocycles. The number of aliphatic imine (C=N–C) groups is 1. The number of rotatable bonds is 4. The first-order chi connectivity index (χ1) is 9.88. The summed E-state index contributed by atoms with van der Waals surface area (Å²) in [5.74, 6) is 0.459. The fraction of sp³-hybridized carbons (Fsp3) is 0.133. The minimum Gasteiger partial charge on any atom is -0.351 e. The zero-order chi connectivity index (χ0) is 14.0. The van der Waals surface area contributed by atoms with Crippen LogP contribution in [0, 0.1) is 11.5 Å². The highest BCUT2D eigenvalue weighted by atomic mass is 15.2. The fourth-order valence-corrected chi connectivity index (χ4v) is 1.64. The van der Waals surface area contributed by atoms with Crippen LogP contribution >= 0.6 is 0 Å². The molecule has 2 N–H and O–H groups in total. The van der Waals surface area contributed by atoms with Gasteiger partial charge in [-0.25, -0.2) is 4.99 Å². The van der Waals surface area contributed by atoms with E-state index in [0.29, 0.717) is 19.0 Å². The van der Waals surface area contributed by atoms with E-state index in [2.05, 4.69) is 20.6 Å². The van der Waals surface area contributed by atoms with Crippen molar-refractivity contribution < 1.29 is 0 Å². The van der Waals surface area contributed by atoms with Crippen molar-refractivity contribution in [2.24, 2.45) is 4.99 Å². The smallest absolute Gasteiger partial charge is 0.205 e. The molecule has 0 aliphatic heterocycles. The summed E-state index contributed by atoms with van der Waals surface area (Å²) >= 11 is 0. The van der Waals surface area contributed by atoms with Crippen molar-refractivity contribution >= 4 is 5.96 Å². The van der Waals surface area contributed by atoms with E-state index < -0.39 is 0 Å². The number of nitriles is 1. The summed E-state index contributed by atoms with van der Waals surface area (Å²) in [6, 6.07) is 13.7.